The zero-order chi connectivity index (χ0) is 11.4. The fourth-order valence-corrected chi connectivity index (χ4v) is 2.98. The summed E-state index contributed by atoms with van der Waals surface area (Å²) in [6, 6.07) is 0.429. The van der Waals surface area contributed by atoms with Crippen LogP contribution in [-0.2, 0) is 4.79 Å². The van der Waals surface area contributed by atoms with E-state index in [2.05, 4.69) is 17.1 Å². The maximum absolute atomic E-state index is 12.0. The number of carbonyl (C=O) groups excluding carboxylic acids is 1. The summed E-state index contributed by atoms with van der Waals surface area (Å²) in [6.45, 7) is 5.46. The Morgan fingerprint density at radius 2 is 2.19 bits per heavy atom. The fraction of sp³-hybridized carbons (Fsp3) is 0.923. The van der Waals surface area contributed by atoms with Gasteiger partial charge in [0.1, 0.15) is 0 Å². The van der Waals surface area contributed by atoms with Crippen LogP contribution in [-0.4, -0.2) is 36.5 Å². The van der Waals surface area contributed by atoms with Crippen molar-refractivity contribution in [2.24, 2.45) is 5.92 Å². The number of hydrogen-bond donors (Lipinski definition) is 1. The van der Waals surface area contributed by atoms with Gasteiger partial charge >= 0.3 is 0 Å². The Morgan fingerprint density at radius 1 is 1.31 bits per heavy atom. The summed E-state index contributed by atoms with van der Waals surface area (Å²) < 4.78 is 0. The van der Waals surface area contributed by atoms with Crippen molar-refractivity contribution >= 4 is 5.91 Å². The third-order valence-corrected chi connectivity index (χ3v) is 4.12. The zero-order valence-corrected chi connectivity index (χ0v) is 10.4. The lowest BCUT2D eigenvalue weighted by molar-refractivity contribution is -0.133. The molecule has 0 saturated carbocycles. The standard InChI is InChI=1S/C13H24N2O/c1-11(12-6-5-8-14-10-12)15-9-4-2-3-7-13(15)16/h11-12,14H,2-10H2,1H3. The number of likely N-dealkylation sites (tertiary alicyclic amines) is 1. The molecule has 2 aliphatic rings. The van der Waals surface area contributed by atoms with Crippen LogP contribution in [0.4, 0.5) is 0 Å². The van der Waals surface area contributed by atoms with Crippen LogP contribution < -0.4 is 5.32 Å². The summed E-state index contributed by atoms with van der Waals surface area (Å²) in [4.78, 5) is 14.1. The van der Waals surface area contributed by atoms with Gasteiger partial charge in [0.05, 0.1) is 0 Å². The highest BCUT2D eigenvalue weighted by molar-refractivity contribution is 5.76. The van der Waals surface area contributed by atoms with Crippen LogP contribution in [0.15, 0.2) is 0 Å². The number of hydrogen-bond acceptors (Lipinski definition) is 2. The van der Waals surface area contributed by atoms with E-state index in [0.29, 0.717) is 17.9 Å². The van der Waals surface area contributed by atoms with Crippen molar-refractivity contribution in [1.82, 2.24) is 10.2 Å². The molecule has 0 spiro atoms. The molecule has 0 aromatic carbocycles. The molecule has 0 radical (unpaired) electrons. The van der Waals surface area contributed by atoms with Gasteiger partial charge in [-0.1, -0.05) is 6.42 Å². The lowest BCUT2D eigenvalue weighted by atomic mass is 9.91. The molecule has 1 amide bonds. The average Bonchev–Trinajstić information content (AvgIpc) is 2.54. The Hall–Kier alpha value is -0.570. The smallest absolute Gasteiger partial charge is 0.222 e. The van der Waals surface area contributed by atoms with E-state index in [4.69, 9.17) is 0 Å². The Bertz CT molecular complexity index is 236. The fourth-order valence-electron chi connectivity index (χ4n) is 2.98. The molecule has 3 heteroatoms. The van der Waals surface area contributed by atoms with Crippen molar-refractivity contribution in [1.29, 1.82) is 0 Å². The Morgan fingerprint density at radius 3 is 2.94 bits per heavy atom. The van der Waals surface area contributed by atoms with Gasteiger partial charge in [-0.3, -0.25) is 4.79 Å². The zero-order valence-electron chi connectivity index (χ0n) is 10.4. The van der Waals surface area contributed by atoms with Gasteiger partial charge in [0.2, 0.25) is 5.91 Å². The molecular formula is C13H24N2O. The number of nitrogens with one attached hydrogen (secondary N) is 1. The lowest BCUT2D eigenvalue weighted by Crippen LogP contribution is -2.47. The number of rotatable bonds is 2. The van der Waals surface area contributed by atoms with Crippen molar-refractivity contribution in [3.63, 3.8) is 0 Å². The summed E-state index contributed by atoms with van der Waals surface area (Å²) in [5.74, 6) is 1.05. The van der Waals surface area contributed by atoms with Crippen LogP contribution in [0.25, 0.3) is 0 Å². The highest BCUT2D eigenvalue weighted by Gasteiger charge is 2.28. The maximum Gasteiger partial charge on any atom is 0.222 e. The minimum absolute atomic E-state index is 0.385. The molecule has 16 heavy (non-hydrogen) atoms. The first-order valence-electron chi connectivity index (χ1n) is 6.79. The molecule has 2 fully saturated rings. The SMILES string of the molecule is CC(C1CCCNC1)N1CCCCCC1=O. The van der Waals surface area contributed by atoms with Crippen LogP contribution in [0.3, 0.4) is 0 Å². The molecule has 2 saturated heterocycles. The van der Waals surface area contributed by atoms with Gasteiger partial charge in [0.25, 0.3) is 0 Å². The van der Waals surface area contributed by atoms with E-state index < -0.39 is 0 Å². The van der Waals surface area contributed by atoms with E-state index >= 15 is 0 Å². The second-order valence-electron chi connectivity index (χ2n) is 5.24. The Kier molecular flexibility index (Phi) is 4.22. The summed E-state index contributed by atoms with van der Waals surface area (Å²) in [6.07, 6.45) is 6.80. The van der Waals surface area contributed by atoms with Crippen LogP contribution in [0.5, 0.6) is 0 Å². The monoisotopic (exact) mass is 224 g/mol. The van der Waals surface area contributed by atoms with Gasteiger partial charge < -0.3 is 10.2 Å². The Balaban J connectivity index is 1.95. The molecule has 2 heterocycles. The topological polar surface area (TPSA) is 32.3 Å². The van der Waals surface area contributed by atoms with Crippen LogP contribution in [0.2, 0.25) is 0 Å². The highest BCUT2D eigenvalue weighted by atomic mass is 16.2. The predicted molar refractivity (Wildman–Crippen MR) is 65.2 cm³/mol. The quantitative estimate of drug-likeness (QED) is 0.775. The normalized spacial score (nSPS) is 29.9. The predicted octanol–water partition coefficient (Wildman–Crippen LogP) is 1.78. The first kappa shape index (κ1) is 11.9. The minimum Gasteiger partial charge on any atom is -0.340 e. The number of piperidine rings is 1. The molecule has 0 aliphatic carbocycles. The van der Waals surface area contributed by atoms with Crippen molar-refractivity contribution in [3.8, 4) is 0 Å². The van der Waals surface area contributed by atoms with E-state index in [9.17, 15) is 4.79 Å². The molecule has 0 bridgehead atoms. The molecule has 0 aromatic rings. The first-order chi connectivity index (χ1) is 7.79. The first-order valence-corrected chi connectivity index (χ1v) is 6.79. The molecule has 0 aromatic heterocycles. The van der Waals surface area contributed by atoms with Gasteiger partial charge in [-0.05, 0) is 51.6 Å². The molecular weight excluding hydrogens is 200 g/mol. The molecule has 2 atom stereocenters. The summed E-state index contributed by atoms with van der Waals surface area (Å²) in [5, 5.41) is 3.45. The van der Waals surface area contributed by atoms with Gasteiger partial charge in [-0.15, -0.1) is 0 Å². The molecule has 3 nitrogen and oxygen atoms in total. The second kappa shape index (κ2) is 5.67. The van der Waals surface area contributed by atoms with Crippen molar-refractivity contribution < 1.29 is 4.79 Å². The summed E-state index contributed by atoms with van der Waals surface area (Å²) >= 11 is 0. The summed E-state index contributed by atoms with van der Waals surface area (Å²) in [7, 11) is 0. The highest BCUT2D eigenvalue weighted by Crippen LogP contribution is 2.22. The Labute approximate surface area is 98.6 Å². The van der Waals surface area contributed by atoms with Gasteiger partial charge in [-0.2, -0.15) is 0 Å². The third-order valence-electron chi connectivity index (χ3n) is 4.12. The van der Waals surface area contributed by atoms with E-state index in [-0.39, 0.29) is 0 Å². The second-order valence-corrected chi connectivity index (χ2v) is 5.24. The van der Waals surface area contributed by atoms with Crippen LogP contribution in [0.1, 0.15) is 45.4 Å². The maximum atomic E-state index is 12.0. The summed E-state index contributed by atoms with van der Waals surface area (Å²) in [5.41, 5.74) is 0. The largest absolute Gasteiger partial charge is 0.340 e. The van der Waals surface area contributed by atoms with Crippen LogP contribution in [0, 0.1) is 5.92 Å². The molecule has 2 unspecified atom stereocenters. The van der Waals surface area contributed by atoms with Gasteiger partial charge in [0, 0.05) is 19.0 Å². The van der Waals surface area contributed by atoms with Crippen molar-refractivity contribution in [3.05, 3.63) is 0 Å². The van der Waals surface area contributed by atoms with E-state index in [0.717, 1.165) is 32.5 Å². The molecule has 2 aliphatic heterocycles. The van der Waals surface area contributed by atoms with E-state index in [1.165, 1.54) is 25.7 Å². The van der Waals surface area contributed by atoms with E-state index in [1.54, 1.807) is 0 Å². The molecule has 92 valence electrons. The number of nitrogens with zero attached hydrogens (tertiary/aromatic N) is 1. The van der Waals surface area contributed by atoms with E-state index in [1.807, 2.05) is 0 Å². The lowest BCUT2D eigenvalue weighted by Gasteiger charge is -2.36. The molecule has 2 rings (SSSR count). The molecule has 1 N–H and O–H groups in total. The van der Waals surface area contributed by atoms with Gasteiger partial charge in [-0.25, -0.2) is 0 Å². The van der Waals surface area contributed by atoms with Gasteiger partial charge in [0.15, 0.2) is 0 Å². The third kappa shape index (κ3) is 2.76. The average molecular weight is 224 g/mol. The number of amides is 1. The van der Waals surface area contributed by atoms with Crippen LogP contribution >= 0.6 is 0 Å². The number of carbonyl (C=O) groups is 1. The minimum atomic E-state index is 0.385. The van der Waals surface area contributed by atoms with Crippen molar-refractivity contribution in [2.75, 3.05) is 19.6 Å². The van der Waals surface area contributed by atoms with Crippen molar-refractivity contribution in [2.45, 2.75) is 51.5 Å².